The van der Waals surface area contributed by atoms with Crippen molar-refractivity contribution in [3.05, 3.63) is 29.8 Å². The maximum absolute atomic E-state index is 9.23. The SMILES string of the molecule is CCNC(CO)c1cccc(OCC)c1. The molecule has 0 fully saturated rings. The first-order valence-electron chi connectivity index (χ1n) is 5.38. The molecule has 0 spiro atoms. The summed E-state index contributed by atoms with van der Waals surface area (Å²) in [6.45, 7) is 5.58. The molecular formula is C12H19NO2. The lowest BCUT2D eigenvalue weighted by Gasteiger charge is -2.16. The topological polar surface area (TPSA) is 41.5 Å². The third-order valence-corrected chi connectivity index (χ3v) is 2.20. The van der Waals surface area contributed by atoms with Crippen LogP contribution in [0.5, 0.6) is 5.75 Å². The van der Waals surface area contributed by atoms with Gasteiger partial charge in [0.15, 0.2) is 0 Å². The average molecular weight is 209 g/mol. The van der Waals surface area contributed by atoms with Crippen LogP contribution >= 0.6 is 0 Å². The quantitative estimate of drug-likeness (QED) is 0.749. The molecule has 1 atom stereocenters. The largest absolute Gasteiger partial charge is 0.494 e. The van der Waals surface area contributed by atoms with Crippen LogP contribution in [0.1, 0.15) is 25.5 Å². The monoisotopic (exact) mass is 209 g/mol. The van der Waals surface area contributed by atoms with Gasteiger partial charge in [0.1, 0.15) is 5.75 Å². The highest BCUT2D eigenvalue weighted by Gasteiger charge is 2.08. The summed E-state index contributed by atoms with van der Waals surface area (Å²) in [5, 5.41) is 12.4. The number of aliphatic hydroxyl groups excluding tert-OH is 1. The summed E-state index contributed by atoms with van der Waals surface area (Å²) in [6.07, 6.45) is 0. The van der Waals surface area contributed by atoms with Crippen LogP contribution < -0.4 is 10.1 Å². The van der Waals surface area contributed by atoms with Gasteiger partial charge in [0, 0.05) is 0 Å². The minimum Gasteiger partial charge on any atom is -0.494 e. The first-order chi connectivity index (χ1) is 7.31. The van der Waals surface area contributed by atoms with E-state index >= 15 is 0 Å². The van der Waals surface area contributed by atoms with E-state index in [9.17, 15) is 5.11 Å². The molecule has 3 heteroatoms. The fraction of sp³-hybridized carbons (Fsp3) is 0.500. The van der Waals surface area contributed by atoms with Gasteiger partial charge in [-0.3, -0.25) is 0 Å². The standard InChI is InChI=1S/C12H19NO2/c1-3-13-12(9-14)10-6-5-7-11(8-10)15-4-2/h5-8,12-14H,3-4,9H2,1-2H3. The summed E-state index contributed by atoms with van der Waals surface area (Å²) < 4.78 is 5.41. The highest BCUT2D eigenvalue weighted by molar-refractivity contribution is 5.30. The Labute approximate surface area is 91.1 Å². The normalized spacial score (nSPS) is 12.5. The van der Waals surface area contributed by atoms with Crippen LogP contribution in [0, 0.1) is 0 Å². The predicted molar refractivity (Wildman–Crippen MR) is 61.1 cm³/mol. The lowest BCUT2D eigenvalue weighted by atomic mass is 10.1. The molecule has 0 aliphatic carbocycles. The van der Waals surface area contributed by atoms with Crippen molar-refractivity contribution in [2.24, 2.45) is 0 Å². The molecule has 0 saturated carbocycles. The summed E-state index contributed by atoms with van der Waals surface area (Å²) in [4.78, 5) is 0. The van der Waals surface area contributed by atoms with Crippen molar-refractivity contribution in [1.29, 1.82) is 0 Å². The van der Waals surface area contributed by atoms with Gasteiger partial charge in [-0.25, -0.2) is 0 Å². The van der Waals surface area contributed by atoms with Gasteiger partial charge in [0.05, 0.1) is 19.3 Å². The Hall–Kier alpha value is -1.06. The first kappa shape index (κ1) is 12.0. The molecule has 0 heterocycles. The summed E-state index contributed by atoms with van der Waals surface area (Å²) in [5.41, 5.74) is 1.06. The molecule has 0 radical (unpaired) electrons. The second-order valence-electron chi connectivity index (χ2n) is 3.30. The maximum atomic E-state index is 9.23. The molecular weight excluding hydrogens is 190 g/mol. The number of nitrogens with one attached hydrogen (secondary N) is 1. The molecule has 1 aromatic rings. The van der Waals surface area contributed by atoms with E-state index in [4.69, 9.17) is 4.74 Å². The molecule has 1 unspecified atom stereocenters. The van der Waals surface area contributed by atoms with E-state index in [1.807, 2.05) is 38.1 Å². The van der Waals surface area contributed by atoms with Crippen molar-refractivity contribution in [3.8, 4) is 5.75 Å². The van der Waals surface area contributed by atoms with Crippen LogP contribution in [0.3, 0.4) is 0 Å². The fourth-order valence-corrected chi connectivity index (χ4v) is 1.52. The Morgan fingerprint density at radius 3 is 2.80 bits per heavy atom. The lowest BCUT2D eigenvalue weighted by Crippen LogP contribution is -2.23. The van der Waals surface area contributed by atoms with Gasteiger partial charge in [0.2, 0.25) is 0 Å². The molecule has 0 aliphatic rings. The summed E-state index contributed by atoms with van der Waals surface area (Å²) in [5.74, 6) is 0.853. The molecule has 0 saturated heterocycles. The van der Waals surface area contributed by atoms with E-state index in [1.54, 1.807) is 0 Å². The highest BCUT2D eigenvalue weighted by Crippen LogP contribution is 2.18. The molecule has 0 aromatic heterocycles. The molecule has 0 bridgehead atoms. The Morgan fingerprint density at radius 2 is 2.20 bits per heavy atom. The summed E-state index contributed by atoms with van der Waals surface area (Å²) in [6, 6.07) is 7.82. The Bertz CT molecular complexity index is 289. The van der Waals surface area contributed by atoms with Crippen LogP contribution in [0.25, 0.3) is 0 Å². The van der Waals surface area contributed by atoms with Gasteiger partial charge in [-0.1, -0.05) is 19.1 Å². The zero-order valence-corrected chi connectivity index (χ0v) is 9.36. The van der Waals surface area contributed by atoms with Gasteiger partial charge < -0.3 is 15.2 Å². The number of hydrogen-bond donors (Lipinski definition) is 2. The van der Waals surface area contributed by atoms with Crippen LogP contribution in [0.4, 0.5) is 0 Å². The molecule has 0 amide bonds. The van der Waals surface area contributed by atoms with Gasteiger partial charge in [-0.15, -0.1) is 0 Å². The highest BCUT2D eigenvalue weighted by atomic mass is 16.5. The molecule has 84 valence electrons. The van der Waals surface area contributed by atoms with Crippen molar-refractivity contribution in [3.63, 3.8) is 0 Å². The van der Waals surface area contributed by atoms with Crippen LogP contribution in [-0.4, -0.2) is 24.9 Å². The molecule has 1 rings (SSSR count). The molecule has 3 nitrogen and oxygen atoms in total. The summed E-state index contributed by atoms with van der Waals surface area (Å²) >= 11 is 0. The van der Waals surface area contributed by atoms with Crippen LogP contribution in [0.2, 0.25) is 0 Å². The smallest absolute Gasteiger partial charge is 0.119 e. The molecule has 15 heavy (non-hydrogen) atoms. The number of rotatable bonds is 6. The van der Waals surface area contributed by atoms with Crippen LogP contribution in [-0.2, 0) is 0 Å². The summed E-state index contributed by atoms with van der Waals surface area (Å²) in [7, 11) is 0. The average Bonchev–Trinajstić information content (AvgIpc) is 2.27. The number of aliphatic hydroxyl groups is 1. The lowest BCUT2D eigenvalue weighted by molar-refractivity contribution is 0.246. The van der Waals surface area contributed by atoms with E-state index < -0.39 is 0 Å². The van der Waals surface area contributed by atoms with E-state index in [1.165, 1.54) is 0 Å². The Kier molecular flexibility index (Phi) is 5.15. The maximum Gasteiger partial charge on any atom is 0.119 e. The van der Waals surface area contributed by atoms with Crippen molar-refractivity contribution >= 4 is 0 Å². The van der Waals surface area contributed by atoms with Crippen molar-refractivity contribution in [2.75, 3.05) is 19.8 Å². The van der Waals surface area contributed by atoms with Crippen molar-refractivity contribution in [2.45, 2.75) is 19.9 Å². The third-order valence-electron chi connectivity index (χ3n) is 2.20. The van der Waals surface area contributed by atoms with Gasteiger partial charge >= 0.3 is 0 Å². The number of ether oxygens (including phenoxy) is 1. The van der Waals surface area contributed by atoms with Gasteiger partial charge in [0.25, 0.3) is 0 Å². The second kappa shape index (κ2) is 6.43. The second-order valence-corrected chi connectivity index (χ2v) is 3.30. The minimum absolute atomic E-state index is 0.00425. The molecule has 0 aliphatic heterocycles. The van der Waals surface area contributed by atoms with E-state index in [2.05, 4.69) is 5.32 Å². The van der Waals surface area contributed by atoms with Gasteiger partial charge in [-0.05, 0) is 31.2 Å². The minimum atomic E-state index is -0.00425. The molecule has 1 aromatic carbocycles. The zero-order valence-electron chi connectivity index (χ0n) is 9.36. The fourth-order valence-electron chi connectivity index (χ4n) is 1.52. The zero-order chi connectivity index (χ0) is 11.1. The first-order valence-corrected chi connectivity index (χ1v) is 5.38. The van der Waals surface area contributed by atoms with Gasteiger partial charge in [-0.2, -0.15) is 0 Å². The Balaban J connectivity index is 2.77. The number of likely N-dealkylation sites (N-methyl/N-ethyl adjacent to an activating group) is 1. The molecule has 2 N–H and O–H groups in total. The number of hydrogen-bond acceptors (Lipinski definition) is 3. The van der Waals surface area contributed by atoms with Crippen molar-refractivity contribution in [1.82, 2.24) is 5.32 Å². The van der Waals surface area contributed by atoms with E-state index in [0.717, 1.165) is 17.9 Å². The number of benzene rings is 1. The Morgan fingerprint density at radius 1 is 1.40 bits per heavy atom. The van der Waals surface area contributed by atoms with E-state index in [-0.39, 0.29) is 12.6 Å². The van der Waals surface area contributed by atoms with Crippen molar-refractivity contribution < 1.29 is 9.84 Å². The van der Waals surface area contributed by atoms with E-state index in [0.29, 0.717) is 6.61 Å². The third kappa shape index (κ3) is 3.53. The van der Waals surface area contributed by atoms with Crippen LogP contribution in [0.15, 0.2) is 24.3 Å². The predicted octanol–water partition coefficient (Wildman–Crippen LogP) is 1.73.